The smallest absolute Gasteiger partial charge is 0.315 e. The van der Waals surface area contributed by atoms with Gasteiger partial charge in [0.15, 0.2) is 0 Å². The van der Waals surface area contributed by atoms with Crippen molar-refractivity contribution in [2.75, 3.05) is 19.8 Å². The number of fused-ring (bicyclic) bond motifs is 1. The maximum absolute atomic E-state index is 12.4. The first-order valence-electron chi connectivity index (χ1n) is 8.73. The number of amides is 2. The maximum atomic E-state index is 12.4. The van der Waals surface area contributed by atoms with E-state index in [0.717, 1.165) is 23.9 Å². The summed E-state index contributed by atoms with van der Waals surface area (Å²) >= 11 is 0. The number of hydrogen-bond donors (Lipinski definition) is 2. The molecule has 25 heavy (non-hydrogen) atoms. The predicted octanol–water partition coefficient (Wildman–Crippen LogP) is 1.57. The molecule has 0 radical (unpaired) electrons. The summed E-state index contributed by atoms with van der Waals surface area (Å²) in [6, 6.07) is 7.63. The van der Waals surface area contributed by atoms with Crippen LogP contribution < -0.4 is 16.2 Å². The Hall–Kier alpha value is -2.41. The Morgan fingerprint density at radius 1 is 1.32 bits per heavy atom. The van der Waals surface area contributed by atoms with E-state index in [4.69, 9.17) is 4.74 Å². The van der Waals surface area contributed by atoms with Gasteiger partial charge in [-0.3, -0.25) is 4.79 Å². The molecule has 0 spiro atoms. The second-order valence-electron chi connectivity index (χ2n) is 6.28. The van der Waals surface area contributed by atoms with E-state index >= 15 is 0 Å². The number of ether oxygens (including phenoxy) is 1. The van der Waals surface area contributed by atoms with Gasteiger partial charge >= 0.3 is 6.03 Å². The van der Waals surface area contributed by atoms with Crippen molar-refractivity contribution in [1.29, 1.82) is 0 Å². The lowest BCUT2D eigenvalue weighted by molar-refractivity contribution is 0.0801. The fraction of sp³-hybridized carbons (Fsp3) is 0.500. The van der Waals surface area contributed by atoms with Gasteiger partial charge in [-0.1, -0.05) is 12.1 Å². The van der Waals surface area contributed by atoms with Gasteiger partial charge in [0.2, 0.25) is 0 Å². The van der Waals surface area contributed by atoms with Crippen LogP contribution in [0.1, 0.15) is 25.0 Å². The summed E-state index contributed by atoms with van der Waals surface area (Å²) in [4.78, 5) is 28.6. The van der Waals surface area contributed by atoms with E-state index in [1.54, 1.807) is 11.5 Å². The molecule has 2 aromatic rings. The average Bonchev–Trinajstić information content (AvgIpc) is 2.62. The normalized spacial score (nSPS) is 15.2. The monoisotopic (exact) mass is 344 g/mol. The minimum Gasteiger partial charge on any atom is -0.381 e. The molecule has 134 valence electrons. The first-order chi connectivity index (χ1) is 12.1. The molecule has 0 aliphatic carbocycles. The van der Waals surface area contributed by atoms with Gasteiger partial charge < -0.3 is 19.9 Å². The summed E-state index contributed by atoms with van der Waals surface area (Å²) in [5.41, 5.74) is 2.05. The Morgan fingerprint density at radius 2 is 2.08 bits per heavy atom. The van der Waals surface area contributed by atoms with Crippen molar-refractivity contribution in [2.24, 2.45) is 0 Å². The lowest BCUT2D eigenvalue weighted by Gasteiger charge is -2.23. The number of benzene rings is 1. The SMILES string of the molecule is Cc1nc2ccccc2n(CCCNC(=O)NC2CCOCC2)c1=O. The molecule has 1 aliphatic rings. The zero-order chi connectivity index (χ0) is 17.6. The zero-order valence-electron chi connectivity index (χ0n) is 14.5. The molecule has 2 N–H and O–H groups in total. The summed E-state index contributed by atoms with van der Waals surface area (Å²) in [5, 5.41) is 5.82. The minimum absolute atomic E-state index is 0.0784. The largest absolute Gasteiger partial charge is 0.381 e. The number of carbonyl (C=O) groups is 1. The Kier molecular flexibility index (Phi) is 5.65. The van der Waals surface area contributed by atoms with E-state index in [1.165, 1.54) is 0 Å². The molecule has 1 saturated heterocycles. The van der Waals surface area contributed by atoms with E-state index in [1.807, 2.05) is 24.3 Å². The number of nitrogens with one attached hydrogen (secondary N) is 2. The van der Waals surface area contributed by atoms with Crippen LogP contribution in [0.4, 0.5) is 4.79 Å². The van der Waals surface area contributed by atoms with Crippen molar-refractivity contribution >= 4 is 17.1 Å². The van der Waals surface area contributed by atoms with Gasteiger partial charge in [0.1, 0.15) is 5.69 Å². The lowest BCUT2D eigenvalue weighted by Crippen LogP contribution is -2.44. The number of aromatic nitrogens is 2. The molecule has 1 aromatic carbocycles. The number of rotatable bonds is 5. The van der Waals surface area contributed by atoms with E-state index < -0.39 is 0 Å². The molecule has 7 heteroatoms. The fourth-order valence-electron chi connectivity index (χ4n) is 3.06. The molecule has 1 aromatic heterocycles. The maximum Gasteiger partial charge on any atom is 0.315 e. The van der Waals surface area contributed by atoms with Crippen molar-refractivity contribution in [3.8, 4) is 0 Å². The number of urea groups is 1. The standard InChI is InChI=1S/C18H24N4O3/c1-13-17(23)22(16-6-3-2-5-15(16)20-13)10-4-9-19-18(24)21-14-7-11-25-12-8-14/h2-3,5-6,14H,4,7-12H2,1H3,(H2,19,21,24). The molecule has 2 heterocycles. The highest BCUT2D eigenvalue weighted by Gasteiger charge is 2.15. The van der Waals surface area contributed by atoms with Crippen LogP contribution in [0.5, 0.6) is 0 Å². The number of nitrogens with zero attached hydrogens (tertiary/aromatic N) is 2. The molecular formula is C18H24N4O3. The van der Waals surface area contributed by atoms with Crippen LogP contribution in [0.2, 0.25) is 0 Å². The number of hydrogen-bond acceptors (Lipinski definition) is 4. The Bertz CT molecular complexity index is 796. The van der Waals surface area contributed by atoms with Crippen molar-refractivity contribution in [2.45, 2.75) is 38.8 Å². The van der Waals surface area contributed by atoms with E-state index in [0.29, 0.717) is 38.4 Å². The Balaban J connectivity index is 1.54. The molecule has 3 rings (SSSR count). The van der Waals surface area contributed by atoms with E-state index in [-0.39, 0.29) is 17.6 Å². The average molecular weight is 344 g/mol. The third kappa shape index (κ3) is 4.36. The highest BCUT2D eigenvalue weighted by molar-refractivity contribution is 5.75. The van der Waals surface area contributed by atoms with Crippen molar-refractivity contribution in [3.05, 3.63) is 40.3 Å². The second-order valence-corrected chi connectivity index (χ2v) is 6.28. The number of carbonyl (C=O) groups excluding carboxylic acids is 1. The van der Waals surface area contributed by atoms with Crippen LogP contribution in [0.25, 0.3) is 11.0 Å². The summed E-state index contributed by atoms with van der Waals surface area (Å²) in [6.45, 7) is 4.17. The summed E-state index contributed by atoms with van der Waals surface area (Å²) in [7, 11) is 0. The highest BCUT2D eigenvalue weighted by Crippen LogP contribution is 2.10. The van der Waals surface area contributed by atoms with Crippen LogP contribution in [0.15, 0.2) is 29.1 Å². The number of aryl methyl sites for hydroxylation is 2. The van der Waals surface area contributed by atoms with Crippen LogP contribution in [0, 0.1) is 6.92 Å². The fourth-order valence-corrected chi connectivity index (χ4v) is 3.06. The zero-order valence-corrected chi connectivity index (χ0v) is 14.5. The van der Waals surface area contributed by atoms with Gasteiger partial charge in [-0.15, -0.1) is 0 Å². The Morgan fingerprint density at radius 3 is 2.88 bits per heavy atom. The molecule has 0 saturated carbocycles. The lowest BCUT2D eigenvalue weighted by atomic mass is 10.1. The van der Waals surface area contributed by atoms with E-state index in [9.17, 15) is 9.59 Å². The van der Waals surface area contributed by atoms with Crippen LogP contribution >= 0.6 is 0 Å². The van der Waals surface area contributed by atoms with Gasteiger partial charge in [-0.05, 0) is 38.3 Å². The van der Waals surface area contributed by atoms with Crippen LogP contribution in [-0.4, -0.2) is 41.4 Å². The van der Waals surface area contributed by atoms with Crippen LogP contribution in [0.3, 0.4) is 0 Å². The van der Waals surface area contributed by atoms with Gasteiger partial charge in [0, 0.05) is 32.3 Å². The molecular weight excluding hydrogens is 320 g/mol. The van der Waals surface area contributed by atoms with Gasteiger partial charge in [0.05, 0.1) is 11.0 Å². The first-order valence-corrected chi connectivity index (χ1v) is 8.73. The topological polar surface area (TPSA) is 85.2 Å². The quantitative estimate of drug-likeness (QED) is 0.807. The predicted molar refractivity (Wildman–Crippen MR) is 95.7 cm³/mol. The second kappa shape index (κ2) is 8.11. The number of para-hydroxylation sites is 2. The summed E-state index contributed by atoms with van der Waals surface area (Å²) in [5.74, 6) is 0. The van der Waals surface area contributed by atoms with Gasteiger partial charge in [-0.25, -0.2) is 9.78 Å². The third-order valence-corrected chi connectivity index (χ3v) is 4.42. The van der Waals surface area contributed by atoms with Crippen molar-refractivity contribution in [1.82, 2.24) is 20.2 Å². The molecule has 1 fully saturated rings. The van der Waals surface area contributed by atoms with Crippen LogP contribution in [-0.2, 0) is 11.3 Å². The summed E-state index contributed by atoms with van der Waals surface area (Å²) in [6.07, 6.45) is 2.38. The van der Waals surface area contributed by atoms with Crippen molar-refractivity contribution < 1.29 is 9.53 Å². The Labute approximate surface area is 146 Å². The minimum atomic E-state index is -0.157. The summed E-state index contributed by atoms with van der Waals surface area (Å²) < 4.78 is 7.01. The van der Waals surface area contributed by atoms with E-state index in [2.05, 4.69) is 15.6 Å². The molecule has 0 bridgehead atoms. The third-order valence-electron chi connectivity index (χ3n) is 4.42. The highest BCUT2D eigenvalue weighted by atomic mass is 16.5. The molecule has 0 unspecified atom stereocenters. The van der Waals surface area contributed by atoms with Gasteiger partial charge in [0.25, 0.3) is 5.56 Å². The molecule has 2 amide bonds. The first kappa shape index (κ1) is 17.4. The molecule has 1 aliphatic heterocycles. The van der Waals surface area contributed by atoms with Gasteiger partial charge in [-0.2, -0.15) is 0 Å². The van der Waals surface area contributed by atoms with Crippen molar-refractivity contribution in [3.63, 3.8) is 0 Å². The molecule has 0 atom stereocenters. The molecule has 7 nitrogen and oxygen atoms in total.